The highest BCUT2D eigenvalue weighted by atomic mass is 19.4. The van der Waals surface area contributed by atoms with E-state index < -0.39 is 11.7 Å². The van der Waals surface area contributed by atoms with Crippen molar-refractivity contribution in [2.24, 2.45) is 0 Å². The molecule has 20 heavy (non-hydrogen) atoms. The largest absolute Gasteiger partial charge is 0.416 e. The summed E-state index contributed by atoms with van der Waals surface area (Å²) in [6.45, 7) is 2.21. The molecule has 0 unspecified atom stereocenters. The van der Waals surface area contributed by atoms with Crippen molar-refractivity contribution in [1.82, 2.24) is 0 Å². The summed E-state index contributed by atoms with van der Waals surface area (Å²) in [4.78, 5) is 0. The highest BCUT2D eigenvalue weighted by Gasteiger charge is 2.29. The summed E-state index contributed by atoms with van der Waals surface area (Å²) in [6, 6.07) is 9.24. The second-order valence-electron chi connectivity index (χ2n) is 4.50. The lowest BCUT2D eigenvalue weighted by Crippen LogP contribution is -2.05. The molecule has 2 rings (SSSR count). The predicted molar refractivity (Wildman–Crippen MR) is 69.9 cm³/mol. The molecule has 0 aliphatic carbocycles. The van der Waals surface area contributed by atoms with Crippen LogP contribution >= 0.6 is 0 Å². The summed E-state index contributed by atoms with van der Waals surface area (Å²) in [7, 11) is 0. The van der Waals surface area contributed by atoms with Gasteiger partial charge in [-0.15, -0.1) is 0 Å². The average Bonchev–Trinajstić information content (AvgIpc) is 2.37. The molecule has 0 aliphatic heterocycles. The van der Waals surface area contributed by atoms with Crippen molar-refractivity contribution in [3.63, 3.8) is 0 Å². The maximum absolute atomic E-state index is 12.9. The molecule has 0 saturated heterocycles. The van der Waals surface area contributed by atoms with E-state index in [-0.39, 0.29) is 5.82 Å². The molecule has 5 heteroatoms. The lowest BCUT2D eigenvalue weighted by Gasteiger charge is -2.11. The number of nitrogens with one attached hydrogen (secondary N) is 1. The minimum Gasteiger partial charge on any atom is -0.381 e. The molecule has 1 nitrogen and oxygen atoms in total. The minimum absolute atomic E-state index is 0.305. The van der Waals surface area contributed by atoms with E-state index in [9.17, 15) is 17.6 Å². The molecule has 0 atom stereocenters. The smallest absolute Gasteiger partial charge is 0.381 e. The van der Waals surface area contributed by atoms with Crippen LogP contribution in [0.3, 0.4) is 0 Å². The molecule has 0 fully saturated rings. The molecule has 0 bridgehead atoms. The van der Waals surface area contributed by atoms with Gasteiger partial charge in [-0.25, -0.2) is 4.39 Å². The first-order chi connectivity index (χ1) is 9.36. The fraction of sp³-hybridized carbons (Fsp3) is 0.200. The van der Waals surface area contributed by atoms with Crippen LogP contribution in [0.5, 0.6) is 0 Å². The Bertz CT molecular complexity index is 588. The molecular formula is C15H13F4N. The molecule has 0 amide bonds. The van der Waals surface area contributed by atoms with Gasteiger partial charge in [-0.2, -0.15) is 13.2 Å². The fourth-order valence-corrected chi connectivity index (χ4v) is 1.83. The van der Waals surface area contributed by atoms with Gasteiger partial charge >= 0.3 is 6.18 Å². The third-order valence-corrected chi connectivity index (χ3v) is 3.00. The van der Waals surface area contributed by atoms with E-state index >= 15 is 0 Å². The summed E-state index contributed by atoms with van der Waals surface area (Å²) in [5.74, 6) is -0.305. The van der Waals surface area contributed by atoms with Gasteiger partial charge in [-0.3, -0.25) is 0 Å². The van der Waals surface area contributed by atoms with Crippen molar-refractivity contribution in [3.05, 3.63) is 65.0 Å². The predicted octanol–water partition coefficient (Wildman–Crippen LogP) is 4.77. The van der Waals surface area contributed by atoms with Gasteiger partial charge in [0.25, 0.3) is 0 Å². The standard InChI is InChI=1S/C15H13F4N/c1-10-8-13(16)5-2-11(10)9-20-14-6-3-12(4-7-14)15(17,18)19/h2-8,20H,9H2,1H3. The Balaban J connectivity index is 2.04. The van der Waals surface area contributed by atoms with Crippen LogP contribution in [0.4, 0.5) is 23.2 Å². The van der Waals surface area contributed by atoms with Crippen molar-refractivity contribution in [3.8, 4) is 0 Å². The zero-order chi connectivity index (χ0) is 14.8. The highest BCUT2D eigenvalue weighted by Crippen LogP contribution is 2.29. The van der Waals surface area contributed by atoms with Crippen molar-refractivity contribution < 1.29 is 17.6 Å². The first kappa shape index (κ1) is 14.4. The molecule has 0 aromatic heterocycles. The van der Waals surface area contributed by atoms with E-state index in [1.54, 1.807) is 13.0 Å². The van der Waals surface area contributed by atoms with Gasteiger partial charge in [0.15, 0.2) is 0 Å². The van der Waals surface area contributed by atoms with E-state index in [0.29, 0.717) is 12.2 Å². The second-order valence-corrected chi connectivity index (χ2v) is 4.50. The SMILES string of the molecule is Cc1cc(F)ccc1CNc1ccc(C(F)(F)F)cc1. The van der Waals surface area contributed by atoms with Crippen LogP contribution in [0.25, 0.3) is 0 Å². The normalized spacial score (nSPS) is 11.4. The molecule has 2 aromatic rings. The third kappa shape index (κ3) is 3.50. The van der Waals surface area contributed by atoms with Crippen LogP contribution in [0.1, 0.15) is 16.7 Å². The molecule has 0 saturated carbocycles. The Morgan fingerprint density at radius 2 is 1.65 bits per heavy atom. The Morgan fingerprint density at radius 1 is 1.00 bits per heavy atom. The van der Waals surface area contributed by atoms with E-state index in [0.717, 1.165) is 23.3 Å². The van der Waals surface area contributed by atoms with E-state index in [1.807, 2.05) is 0 Å². The second kappa shape index (κ2) is 5.53. The Kier molecular flexibility index (Phi) is 3.97. The maximum atomic E-state index is 12.9. The van der Waals surface area contributed by atoms with Crippen LogP contribution in [-0.2, 0) is 12.7 Å². The highest BCUT2D eigenvalue weighted by molar-refractivity contribution is 5.46. The molecule has 0 aliphatic rings. The van der Waals surface area contributed by atoms with Gasteiger partial charge in [0.2, 0.25) is 0 Å². The Morgan fingerprint density at radius 3 is 2.20 bits per heavy atom. The number of hydrogen-bond acceptors (Lipinski definition) is 1. The topological polar surface area (TPSA) is 12.0 Å². The number of anilines is 1. The van der Waals surface area contributed by atoms with E-state index in [4.69, 9.17) is 0 Å². The van der Waals surface area contributed by atoms with Crippen LogP contribution in [0.2, 0.25) is 0 Å². The van der Waals surface area contributed by atoms with E-state index in [2.05, 4.69) is 5.32 Å². The zero-order valence-corrected chi connectivity index (χ0v) is 10.8. The lowest BCUT2D eigenvalue weighted by atomic mass is 10.1. The van der Waals surface area contributed by atoms with Gasteiger partial charge in [0.05, 0.1) is 5.56 Å². The van der Waals surface area contributed by atoms with Gasteiger partial charge in [-0.1, -0.05) is 6.07 Å². The van der Waals surface area contributed by atoms with Crippen molar-refractivity contribution in [1.29, 1.82) is 0 Å². The van der Waals surface area contributed by atoms with Gasteiger partial charge < -0.3 is 5.32 Å². The van der Waals surface area contributed by atoms with E-state index in [1.165, 1.54) is 24.3 Å². The maximum Gasteiger partial charge on any atom is 0.416 e. The van der Waals surface area contributed by atoms with Crippen LogP contribution < -0.4 is 5.32 Å². The van der Waals surface area contributed by atoms with Crippen LogP contribution in [-0.4, -0.2) is 0 Å². The number of hydrogen-bond donors (Lipinski definition) is 1. The number of benzene rings is 2. The van der Waals surface area contributed by atoms with Gasteiger partial charge in [0, 0.05) is 12.2 Å². The minimum atomic E-state index is -4.33. The molecule has 0 radical (unpaired) electrons. The number of alkyl halides is 3. The van der Waals surface area contributed by atoms with Gasteiger partial charge in [0.1, 0.15) is 5.82 Å². The van der Waals surface area contributed by atoms with Gasteiger partial charge in [-0.05, 0) is 54.4 Å². The average molecular weight is 283 g/mol. The molecule has 0 spiro atoms. The summed E-state index contributed by atoms with van der Waals surface area (Å²) < 4.78 is 50.2. The summed E-state index contributed by atoms with van der Waals surface area (Å²) in [5.41, 5.74) is 1.60. The number of aryl methyl sites for hydroxylation is 1. The van der Waals surface area contributed by atoms with Crippen molar-refractivity contribution in [2.75, 3.05) is 5.32 Å². The number of rotatable bonds is 3. The van der Waals surface area contributed by atoms with Crippen molar-refractivity contribution in [2.45, 2.75) is 19.6 Å². The lowest BCUT2D eigenvalue weighted by molar-refractivity contribution is -0.137. The van der Waals surface area contributed by atoms with Crippen LogP contribution in [0, 0.1) is 12.7 Å². The monoisotopic (exact) mass is 283 g/mol. The molecule has 1 N–H and O–H groups in total. The zero-order valence-electron chi connectivity index (χ0n) is 10.8. The molecule has 106 valence electrons. The summed E-state index contributed by atoms with van der Waals surface area (Å²) in [6.07, 6.45) is -4.33. The molecular weight excluding hydrogens is 270 g/mol. The Labute approximate surface area is 114 Å². The Hall–Kier alpha value is -2.04. The number of halogens is 4. The third-order valence-electron chi connectivity index (χ3n) is 3.00. The quantitative estimate of drug-likeness (QED) is 0.800. The molecule has 2 aromatic carbocycles. The first-order valence-corrected chi connectivity index (χ1v) is 6.02. The fourth-order valence-electron chi connectivity index (χ4n) is 1.83. The van der Waals surface area contributed by atoms with Crippen molar-refractivity contribution >= 4 is 5.69 Å². The molecule has 0 heterocycles. The first-order valence-electron chi connectivity index (χ1n) is 6.02. The van der Waals surface area contributed by atoms with Crippen LogP contribution in [0.15, 0.2) is 42.5 Å². The summed E-state index contributed by atoms with van der Waals surface area (Å²) >= 11 is 0. The summed E-state index contributed by atoms with van der Waals surface area (Å²) in [5, 5.41) is 3.01.